The summed E-state index contributed by atoms with van der Waals surface area (Å²) in [7, 11) is 1.46. The SMILES string of the molecule is COc1ccc(CNCc2cc(C)c(OCc3ccccn3)c(C)c2)cc1F. The summed E-state index contributed by atoms with van der Waals surface area (Å²) in [4.78, 5) is 4.29. The molecule has 1 heterocycles. The molecule has 2 aromatic carbocycles. The van der Waals surface area contributed by atoms with Gasteiger partial charge in [0.2, 0.25) is 0 Å². The molecule has 5 heteroatoms. The molecule has 146 valence electrons. The summed E-state index contributed by atoms with van der Waals surface area (Å²) < 4.78 is 24.7. The molecular weight excluding hydrogens is 355 g/mol. The Balaban J connectivity index is 1.58. The molecule has 0 saturated heterocycles. The Hall–Kier alpha value is -2.92. The highest BCUT2D eigenvalue weighted by Crippen LogP contribution is 2.26. The summed E-state index contributed by atoms with van der Waals surface area (Å²) in [5.41, 5.74) is 5.11. The second-order valence-corrected chi connectivity index (χ2v) is 6.74. The van der Waals surface area contributed by atoms with Crippen LogP contribution >= 0.6 is 0 Å². The zero-order valence-electron chi connectivity index (χ0n) is 16.5. The van der Waals surface area contributed by atoms with Crippen LogP contribution in [-0.4, -0.2) is 12.1 Å². The van der Waals surface area contributed by atoms with Gasteiger partial charge in [-0.25, -0.2) is 4.39 Å². The Kier molecular flexibility index (Phi) is 6.61. The first kappa shape index (κ1) is 19.8. The van der Waals surface area contributed by atoms with Gasteiger partial charge in [0, 0.05) is 19.3 Å². The van der Waals surface area contributed by atoms with Gasteiger partial charge in [-0.15, -0.1) is 0 Å². The molecule has 0 spiro atoms. The van der Waals surface area contributed by atoms with Crippen LogP contribution in [0.4, 0.5) is 4.39 Å². The Bertz CT molecular complexity index is 906. The van der Waals surface area contributed by atoms with Gasteiger partial charge in [-0.05, 0) is 60.4 Å². The Morgan fingerprint density at radius 2 is 1.71 bits per heavy atom. The molecule has 0 amide bonds. The Labute approximate surface area is 165 Å². The predicted octanol–water partition coefficient (Wildman–Crippen LogP) is 4.71. The maximum atomic E-state index is 13.8. The van der Waals surface area contributed by atoms with Crippen LogP contribution < -0.4 is 14.8 Å². The number of hydrogen-bond donors (Lipinski definition) is 1. The molecule has 0 fully saturated rings. The van der Waals surface area contributed by atoms with Crippen molar-refractivity contribution in [3.05, 3.63) is 88.5 Å². The van der Waals surface area contributed by atoms with Crippen LogP contribution in [0, 0.1) is 19.7 Å². The molecule has 0 bridgehead atoms. The quantitative estimate of drug-likeness (QED) is 0.614. The first-order chi connectivity index (χ1) is 13.6. The standard InChI is InChI=1S/C23H25FN2O2/c1-16-10-19(14-25-13-18-7-8-22(27-3)21(24)12-18)11-17(2)23(16)28-15-20-6-4-5-9-26-20/h4-12,25H,13-15H2,1-3H3. The van der Waals surface area contributed by atoms with E-state index < -0.39 is 0 Å². The van der Waals surface area contributed by atoms with Crippen molar-refractivity contribution < 1.29 is 13.9 Å². The lowest BCUT2D eigenvalue weighted by Crippen LogP contribution is -2.13. The molecule has 4 nitrogen and oxygen atoms in total. The van der Waals surface area contributed by atoms with Crippen molar-refractivity contribution in [1.82, 2.24) is 10.3 Å². The number of benzene rings is 2. The van der Waals surface area contributed by atoms with Crippen molar-refractivity contribution >= 4 is 0 Å². The van der Waals surface area contributed by atoms with Gasteiger partial charge < -0.3 is 14.8 Å². The van der Waals surface area contributed by atoms with Gasteiger partial charge in [0.15, 0.2) is 11.6 Å². The van der Waals surface area contributed by atoms with E-state index >= 15 is 0 Å². The molecule has 28 heavy (non-hydrogen) atoms. The Morgan fingerprint density at radius 1 is 0.964 bits per heavy atom. The second-order valence-electron chi connectivity index (χ2n) is 6.74. The number of methoxy groups -OCH3 is 1. The van der Waals surface area contributed by atoms with Gasteiger partial charge >= 0.3 is 0 Å². The molecule has 0 radical (unpaired) electrons. The average Bonchev–Trinajstić information content (AvgIpc) is 2.68. The maximum absolute atomic E-state index is 13.8. The van der Waals surface area contributed by atoms with Crippen molar-refractivity contribution in [3.8, 4) is 11.5 Å². The molecule has 1 aromatic heterocycles. The van der Waals surface area contributed by atoms with E-state index in [4.69, 9.17) is 9.47 Å². The number of nitrogens with zero attached hydrogens (tertiary/aromatic N) is 1. The first-order valence-corrected chi connectivity index (χ1v) is 9.23. The van der Waals surface area contributed by atoms with E-state index in [1.165, 1.54) is 13.2 Å². The van der Waals surface area contributed by atoms with Gasteiger partial charge in [0.25, 0.3) is 0 Å². The highest BCUT2D eigenvalue weighted by atomic mass is 19.1. The Morgan fingerprint density at radius 3 is 2.36 bits per heavy atom. The number of rotatable bonds is 8. The topological polar surface area (TPSA) is 43.4 Å². The fourth-order valence-corrected chi connectivity index (χ4v) is 3.17. The lowest BCUT2D eigenvalue weighted by atomic mass is 10.1. The molecule has 1 N–H and O–H groups in total. The number of hydrogen-bond acceptors (Lipinski definition) is 4. The molecule has 0 unspecified atom stereocenters. The fraction of sp³-hybridized carbons (Fsp3) is 0.261. The van der Waals surface area contributed by atoms with E-state index in [0.29, 0.717) is 19.7 Å². The zero-order valence-corrected chi connectivity index (χ0v) is 16.5. The van der Waals surface area contributed by atoms with Crippen LogP contribution in [0.3, 0.4) is 0 Å². The van der Waals surface area contributed by atoms with Crippen molar-refractivity contribution in [2.24, 2.45) is 0 Å². The van der Waals surface area contributed by atoms with Crippen LogP contribution in [0.25, 0.3) is 0 Å². The summed E-state index contributed by atoms with van der Waals surface area (Å²) in [5, 5.41) is 3.36. The lowest BCUT2D eigenvalue weighted by molar-refractivity contribution is 0.297. The van der Waals surface area contributed by atoms with Crippen molar-refractivity contribution in [1.29, 1.82) is 0 Å². The van der Waals surface area contributed by atoms with Crippen LogP contribution in [0.15, 0.2) is 54.7 Å². The third-order valence-corrected chi connectivity index (χ3v) is 4.49. The van der Waals surface area contributed by atoms with Gasteiger partial charge in [0.05, 0.1) is 12.8 Å². The molecule has 3 aromatic rings. The molecule has 0 atom stereocenters. The number of aromatic nitrogens is 1. The summed E-state index contributed by atoms with van der Waals surface area (Å²) >= 11 is 0. The maximum Gasteiger partial charge on any atom is 0.165 e. The van der Waals surface area contributed by atoms with Crippen LogP contribution in [0.1, 0.15) is 27.9 Å². The van der Waals surface area contributed by atoms with Crippen LogP contribution in [0.2, 0.25) is 0 Å². The van der Waals surface area contributed by atoms with E-state index in [1.807, 2.05) is 38.1 Å². The highest BCUT2D eigenvalue weighted by Gasteiger charge is 2.08. The van der Waals surface area contributed by atoms with E-state index in [9.17, 15) is 4.39 Å². The minimum Gasteiger partial charge on any atom is -0.494 e. The molecule has 3 rings (SSSR count). The number of aryl methyl sites for hydroxylation is 2. The largest absolute Gasteiger partial charge is 0.494 e. The molecular formula is C23H25FN2O2. The summed E-state index contributed by atoms with van der Waals surface area (Å²) in [6.07, 6.45) is 1.77. The monoisotopic (exact) mass is 380 g/mol. The number of ether oxygens (including phenoxy) is 2. The average molecular weight is 380 g/mol. The van der Waals surface area contributed by atoms with E-state index in [-0.39, 0.29) is 11.6 Å². The molecule has 0 aliphatic rings. The summed E-state index contributed by atoms with van der Waals surface area (Å²) in [6.45, 7) is 5.81. The van der Waals surface area contributed by atoms with Crippen molar-refractivity contribution in [2.45, 2.75) is 33.5 Å². The van der Waals surface area contributed by atoms with Crippen molar-refractivity contribution in [3.63, 3.8) is 0 Å². The zero-order chi connectivity index (χ0) is 19.9. The number of halogens is 1. The molecule has 0 aliphatic carbocycles. The third-order valence-electron chi connectivity index (χ3n) is 4.49. The summed E-state index contributed by atoms with van der Waals surface area (Å²) in [6, 6.07) is 15.0. The lowest BCUT2D eigenvalue weighted by Gasteiger charge is -2.14. The minimum atomic E-state index is -0.345. The first-order valence-electron chi connectivity index (χ1n) is 9.23. The molecule has 0 aliphatic heterocycles. The van der Waals surface area contributed by atoms with Gasteiger partial charge in [-0.1, -0.05) is 24.3 Å². The van der Waals surface area contributed by atoms with Crippen LogP contribution in [0.5, 0.6) is 11.5 Å². The highest BCUT2D eigenvalue weighted by molar-refractivity contribution is 5.43. The molecule has 0 saturated carbocycles. The van der Waals surface area contributed by atoms with Gasteiger partial charge in [-0.3, -0.25) is 4.98 Å². The number of pyridine rings is 1. The second kappa shape index (κ2) is 9.33. The fourth-order valence-electron chi connectivity index (χ4n) is 3.17. The summed E-state index contributed by atoms with van der Waals surface area (Å²) in [5.74, 6) is 0.811. The van der Waals surface area contributed by atoms with Gasteiger partial charge in [0.1, 0.15) is 12.4 Å². The van der Waals surface area contributed by atoms with E-state index in [1.54, 1.807) is 12.3 Å². The van der Waals surface area contributed by atoms with E-state index in [2.05, 4.69) is 22.4 Å². The smallest absolute Gasteiger partial charge is 0.165 e. The van der Waals surface area contributed by atoms with Gasteiger partial charge in [-0.2, -0.15) is 0 Å². The number of nitrogens with one attached hydrogen (secondary N) is 1. The van der Waals surface area contributed by atoms with Crippen LogP contribution in [-0.2, 0) is 19.7 Å². The van der Waals surface area contributed by atoms with E-state index in [0.717, 1.165) is 33.7 Å². The normalized spacial score (nSPS) is 10.7. The van der Waals surface area contributed by atoms with Crippen molar-refractivity contribution in [2.75, 3.05) is 7.11 Å². The minimum absolute atomic E-state index is 0.260. The predicted molar refractivity (Wildman–Crippen MR) is 108 cm³/mol. The third kappa shape index (κ3) is 5.08.